The van der Waals surface area contributed by atoms with Crippen LogP contribution in [0.1, 0.15) is 13.8 Å². The van der Waals surface area contributed by atoms with Crippen LogP contribution < -0.4 is 0 Å². The van der Waals surface area contributed by atoms with Crippen molar-refractivity contribution in [2.45, 2.75) is 13.8 Å². The standard InChI is InChI=1S/C3H9P.2C2H4.Pt/c1-4(2)3;2*1-2;/h1-3H3;2*1H,2H3;/p+1. The summed E-state index contributed by atoms with van der Waals surface area (Å²) in [6.07, 6.45) is 0. The maximum absolute atomic E-state index is 2.27. The molecule has 9 heavy (non-hydrogen) atoms. The molecule has 0 heterocycles. The third-order valence-electron chi connectivity index (χ3n) is 0.211. The molecule has 0 bridgehead atoms. The van der Waals surface area contributed by atoms with Crippen molar-refractivity contribution < 1.29 is 17.6 Å². The van der Waals surface area contributed by atoms with Gasteiger partial charge in [-0.25, -0.2) is 0 Å². The van der Waals surface area contributed by atoms with Crippen molar-refractivity contribution in [3.05, 3.63) is 0 Å². The molecule has 0 amide bonds. The Morgan fingerprint density at radius 3 is 1.22 bits per heavy atom. The van der Waals surface area contributed by atoms with Crippen molar-refractivity contribution in [3.8, 4) is 0 Å². The van der Waals surface area contributed by atoms with Crippen LogP contribution in [0.3, 0.4) is 0 Å². The Balaban J connectivity index is 0. The Morgan fingerprint density at radius 2 is 1.22 bits per heavy atom. The Morgan fingerprint density at radius 1 is 1.00 bits per heavy atom. The molecule has 0 aromatic heterocycles. The van der Waals surface area contributed by atoms with Gasteiger partial charge in [0.2, 0.25) is 0 Å². The van der Waals surface area contributed by atoms with E-state index in [0.29, 0.717) is 17.6 Å². The molecule has 0 aliphatic rings. The van der Waals surface area contributed by atoms with Gasteiger partial charge in [-0.2, -0.15) is 0 Å². The summed E-state index contributed by atoms with van der Waals surface area (Å²) in [5, 5.41) is 0. The van der Waals surface area contributed by atoms with Crippen LogP contribution in [0.5, 0.6) is 0 Å². The molecule has 0 aliphatic carbocycles. The summed E-state index contributed by atoms with van der Waals surface area (Å²) in [6, 6.07) is 0. The molecule has 0 aromatic carbocycles. The number of rotatable bonds is 0. The van der Waals surface area contributed by atoms with Gasteiger partial charge in [-0.1, -0.05) is 0 Å². The summed E-state index contributed by atoms with van der Waals surface area (Å²) in [6.45, 7) is 11.0. The van der Waals surface area contributed by atoms with E-state index in [1.807, 2.05) is 0 Å². The van der Waals surface area contributed by atoms with Gasteiger partial charge in [0.05, 0.1) is 0 Å². The zero-order chi connectivity index (χ0) is 7.70. The van der Waals surface area contributed by atoms with Gasteiger partial charge < -0.3 is 0 Å². The molecule has 0 rings (SSSR count). The van der Waals surface area contributed by atoms with E-state index in [2.05, 4.69) is 42.6 Å². The van der Waals surface area contributed by atoms with Crippen LogP contribution in [0.15, 0.2) is 0 Å². The number of hydrogen-bond donors (Lipinski definition) is 0. The smallest absolute Gasteiger partial charge is 0.00840 e. The van der Waals surface area contributed by atoms with E-state index in [9.17, 15) is 0 Å². The summed E-state index contributed by atoms with van der Waals surface area (Å²) in [5.41, 5.74) is 0. The minimum Gasteiger partial charge on any atom is -0.00840 e. The molecular weight excluding hydrogens is 310 g/mol. The molecule has 0 spiro atoms. The van der Waals surface area contributed by atoms with E-state index in [1.165, 1.54) is 0 Å². The predicted molar refractivity (Wildman–Crippen MR) is 49.6 cm³/mol. The molecule has 60 valence electrons. The number of hydrogen-bond acceptors (Lipinski definition) is 0. The summed E-state index contributed by atoms with van der Waals surface area (Å²) in [5.74, 6) is 0. The van der Waals surface area contributed by atoms with Crippen LogP contribution in [0, 0.1) is 0 Å². The van der Waals surface area contributed by atoms with Crippen molar-refractivity contribution in [1.82, 2.24) is 0 Å². The van der Waals surface area contributed by atoms with E-state index < -0.39 is 0 Å². The fourth-order valence-electron chi connectivity index (χ4n) is 0.105. The van der Waals surface area contributed by atoms with E-state index in [4.69, 9.17) is 0 Å². The quantitative estimate of drug-likeness (QED) is 0.595. The minimum atomic E-state index is 0.120. The monoisotopic (exact) mass is 328 g/mol. The van der Waals surface area contributed by atoms with E-state index >= 15 is 0 Å². The second-order valence-corrected chi connectivity index (χ2v) is 8.35. The molecule has 0 saturated heterocycles. The molecule has 0 unspecified atom stereocenters. The summed E-state index contributed by atoms with van der Waals surface area (Å²) < 4.78 is 4.47. The van der Waals surface area contributed by atoms with Gasteiger partial charge in [0.25, 0.3) is 0 Å². The Labute approximate surface area is 68.4 Å². The SMILES string of the molecule is C[CH]=[Pt]=[CH]C.C[PH+](C)C. The van der Waals surface area contributed by atoms with Gasteiger partial charge in [0, 0.05) is 20.0 Å². The maximum Gasteiger partial charge on any atom is 0.0461 e. The topological polar surface area (TPSA) is 0 Å². The van der Waals surface area contributed by atoms with Gasteiger partial charge in [-0.15, -0.1) is 0 Å². The van der Waals surface area contributed by atoms with Crippen molar-refractivity contribution in [2.75, 3.05) is 20.0 Å². The largest absolute Gasteiger partial charge is 0.0461 e. The molecule has 0 N–H and O–H groups in total. The first kappa shape index (κ1) is 12.5. The summed E-state index contributed by atoms with van der Waals surface area (Å²) in [7, 11) is 0.120. The molecule has 0 atom stereocenters. The molecule has 0 nitrogen and oxygen atoms in total. The average molecular weight is 328 g/mol. The van der Waals surface area contributed by atoms with Crippen molar-refractivity contribution in [2.24, 2.45) is 0 Å². The second kappa shape index (κ2) is 11.6. The van der Waals surface area contributed by atoms with Gasteiger partial charge in [-0.05, 0) is 7.92 Å². The minimum absolute atomic E-state index is 0.120. The molecule has 0 aromatic rings. The predicted octanol–water partition coefficient (Wildman–Crippen LogP) is 1.80. The van der Waals surface area contributed by atoms with Crippen LogP contribution in [0.25, 0.3) is 0 Å². The Kier molecular flexibility index (Phi) is 16.2. The van der Waals surface area contributed by atoms with Gasteiger partial charge >= 0.3 is 40.3 Å². The molecule has 2 heteroatoms. The zero-order valence-corrected chi connectivity index (χ0v) is 10.2. The second-order valence-electron chi connectivity index (χ2n) is 1.97. The molecule has 0 saturated carbocycles. The Bertz CT molecular complexity index is 82.3. The van der Waals surface area contributed by atoms with E-state index in [0.717, 1.165) is 0 Å². The van der Waals surface area contributed by atoms with Crippen LogP contribution in [0.4, 0.5) is 0 Å². The maximum atomic E-state index is 2.27. The van der Waals surface area contributed by atoms with E-state index in [1.54, 1.807) is 0 Å². The van der Waals surface area contributed by atoms with Gasteiger partial charge in [0.1, 0.15) is 0 Å². The first-order valence-electron chi connectivity index (χ1n) is 3.02. The zero-order valence-electron chi connectivity index (χ0n) is 6.97. The molecule has 0 aliphatic heterocycles. The van der Waals surface area contributed by atoms with Crippen molar-refractivity contribution in [3.63, 3.8) is 0 Å². The van der Waals surface area contributed by atoms with Crippen LogP contribution in [0.2, 0.25) is 0 Å². The molecular formula is C7H18PPt+. The van der Waals surface area contributed by atoms with Gasteiger partial charge in [-0.3, -0.25) is 0 Å². The van der Waals surface area contributed by atoms with Crippen molar-refractivity contribution in [1.29, 1.82) is 0 Å². The van der Waals surface area contributed by atoms with Crippen LogP contribution in [-0.4, -0.2) is 28.8 Å². The normalized spacial score (nSPS) is 8.22. The van der Waals surface area contributed by atoms with Gasteiger partial charge in [0.15, 0.2) is 0 Å². The summed E-state index contributed by atoms with van der Waals surface area (Å²) >= 11 is 0.373. The van der Waals surface area contributed by atoms with Crippen LogP contribution in [-0.2, 0) is 17.6 Å². The average Bonchev–Trinajstić information content (AvgIpc) is 1.66. The third kappa shape index (κ3) is 51.0. The fourth-order valence-corrected chi connectivity index (χ4v) is 0.863. The first-order chi connectivity index (χ1) is 4.15. The Hall–Kier alpha value is 0.858. The van der Waals surface area contributed by atoms with Crippen LogP contribution >= 0.6 is 7.92 Å². The van der Waals surface area contributed by atoms with Crippen molar-refractivity contribution >= 4 is 16.7 Å². The molecule has 0 fully saturated rings. The van der Waals surface area contributed by atoms with E-state index in [-0.39, 0.29) is 7.92 Å². The summed E-state index contributed by atoms with van der Waals surface area (Å²) in [4.78, 5) is 0. The fraction of sp³-hybridized carbons (Fsp3) is 0.714. The molecule has 0 radical (unpaired) electrons. The first-order valence-corrected chi connectivity index (χ1v) is 8.64. The third-order valence-corrected chi connectivity index (χ3v) is 1.73.